The highest BCUT2D eigenvalue weighted by atomic mass is 16.6. The summed E-state index contributed by atoms with van der Waals surface area (Å²) in [5.74, 6) is 0.903. The lowest BCUT2D eigenvalue weighted by Crippen LogP contribution is -2.08. The number of nitro groups is 1. The fraction of sp³-hybridized carbons (Fsp3) is 0.125. The van der Waals surface area contributed by atoms with E-state index < -0.39 is 4.92 Å². The quantitative estimate of drug-likeness (QED) is 0.526. The van der Waals surface area contributed by atoms with Crippen LogP contribution in [-0.4, -0.2) is 14.9 Å². The van der Waals surface area contributed by atoms with E-state index in [-0.39, 0.29) is 23.9 Å². The highest BCUT2D eigenvalue weighted by Crippen LogP contribution is 2.31. The van der Waals surface area contributed by atoms with Gasteiger partial charge in [0.1, 0.15) is 12.1 Å². The van der Waals surface area contributed by atoms with Crippen molar-refractivity contribution in [1.29, 1.82) is 0 Å². The summed E-state index contributed by atoms with van der Waals surface area (Å²) in [6.07, 6.45) is 2.81. The first-order valence-electron chi connectivity index (χ1n) is 7.23. The number of anilines is 3. The van der Waals surface area contributed by atoms with Crippen molar-refractivity contribution in [3.8, 4) is 0 Å². The Balaban J connectivity index is 1.88. The number of nitrogens with zero attached hydrogens (tertiary/aromatic N) is 3. The van der Waals surface area contributed by atoms with E-state index in [2.05, 4.69) is 20.6 Å². The third kappa shape index (κ3) is 3.49. The van der Waals surface area contributed by atoms with Gasteiger partial charge in [0.05, 0.1) is 17.7 Å². The number of furan rings is 1. The standard InChI is InChI=1S/C16H15N5O3/c1-11-4-2-5-12(8-11)20-16-14(21(22)23)15(18-10-19-16)17-9-13-6-3-7-24-13/h2-8,10H,9H2,1H3,(H2,17,18,19,20). The zero-order chi connectivity index (χ0) is 16.9. The molecule has 0 bridgehead atoms. The second kappa shape index (κ2) is 6.78. The smallest absolute Gasteiger partial charge is 0.353 e. The van der Waals surface area contributed by atoms with Crippen LogP contribution in [0, 0.1) is 17.0 Å². The lowest BCUT2D eigenvalue weighted by atomic mass is 10.2. The van der Waals surface area contributed by atoms with Crippen molar-refractivity contribution in [2.75, 3.05) is 10.6 Å². The van der Waals surface area contributed by atoms with Gasteiger partial charge in [0.2, 0.25) is 11.6 Å². The monoisotopic (exact) mass is 325 g/mol. The van der Waals surface area contributed by atoms with Gasteiger partial charge in [-0.2, -0.15) is 0 Å². The number of benzene rings is 1. The maximum Gasteiger partial charge on any atom is 0.353 e. The molecule has 1 aromatic carbocycles. The number of aromatic nitrogens is 2. The molecule has 0 aliphatic rings. The van der Waals surface area contributed by atoms with Gasteiger partial charge >= 0.3 is 5.69 Å². The molecule has 122 valence electrons. The molecule has 0 unspecified atom stereocenters. The Labute approximate surface area is 137 Å². The second-order valence-electron chi connectivity index (χ2n) is 5.10. The van der Waals surface area contributed by atoms with Gasteiger partial charge in [-0.25, -0.2) is 9.97 Å². The normalized spacial score (nSPS) is 10.4. The molecule has 0 aliphatic heterocycles. The van der Waals surface area contributed by atoms with E-state index in [1.165, 1.54) is 12.6 Å². The van der Waals surface area contributed by atoms with Gasteiger partial charge in [-0.3, -0.25) is 10.1 Å². The SMILES string of the molecule is Cc1cccc(Nc2ncnc(NCc3ccco3)c2[N+](=O)[O-])c1. The van der Waals surface area contributed by atoms with E-state index in [9.17, 15) is 10.1 Å². The maximum absolute atomic E-state index is 11.5. The molecule has 0 fully saturated rings. The van der Waals surface area contributed by atoms with Crippen molar-refractivity contribution in [1.82, 2.24) is 9.97 Å². The first-order chi connectivity index (χ1) is 11.6. The third-order valence-electron chi connectivity index (χ3n) is 3.30. The van der Waals surface area contributed by atoms with Crippen LogP contribution in [0.1, 0.15) is 11.3 Å². The fourth-order valence-electron chi connectivity index (χ4n) is 2.22. The van der Waals surface area contributed by atoms with Gasteiger partial charge in [0.15, 0.2) is 0 Å². The minimum Gasteiger partial charge on any atom is -0.467 e. The first kappa shape index (κ1) is 15.5. The van der Waals surface area contributed by atoms with Crippen molar-refractivity contribution in [3.63, 3.8) is 0 Å². The number of nitrogens with one attached hydrogen (secondary N) is 2. The van der Waals surface area contributed by atoms with E-state index in [4.69, 9.17) is 4.42 Å². The molecule has 0 saturated heterocycles. The van der Waals surface area contributed by atoms with Gasteiger partial charge in [-0.15, -0.1) is 0 Å². The Morgan fingerprint density at radius 3 is 2.75 bits per heavy atom. The molecule has 2 heterocycles. The van der Waals surface area contributed by atoms with Crippen molar-refractivity contribution in [2.45, 2.75) is 13.5 Å². The van der Waals surface area contributed by atoms with Crippen LogP contribution < -0.4 is 10.6 Å². The minimum absolute atomic E-state index is 0.126. The average Bonchev–Trinajstić information content (AvgIpc) is 3.06. The Kier molecular flexibility index (Phi) is 4.37. The Hall–Kier alpha value is -3.42. The highest BCUT2D eigenvalue weighted by Gasteiger charge is 2.23. The summed E-state index contributed by atoms with van der Waals surface area (Å²) in [4.78, 5) is 18.9. The second-order valence-corrected chi connectivity index (χ2v) is 5.10. The Bertz CT molecular complexity index is 849. The van der Waals surface area contributed by atoms with Gasteiger partial charge in [0.25, 0.3) is 0 Å². The zero-order valence-corrected chi connectivity index (χ0v) is 12.9. The van der Waals surface area contributed by atoms with Gasteiger partial charge in [-0.1, -0.05) is 12.1 Å². The summed E-state index contributed by atoms with van der Waals surface area (Å²) in [5.41, 5.74) is 1.53. The molecule has 8 nitrogen and oxygen atoms in total. The van der Waals surface area contributed by atoms with E-state index in [0.717, 1.165) is 5.56 Å². The predicted octanol–water partition coefficient (Wildman–Crippen LogP) is 3.64. The molecule has 3 rings (SSSR count). The molecule has 0 spiro atoms. The van der Waals surface area contributed by atoms with Crippen LogP contribution in [-0.2, 0) is 6.54 Å². The van der Waals surface area contributed by atoms with Gasteiger partial charge < -0.3 is 15.1 Å². The summed E-state index contributed by atoms with van der Waals surface area (Å²) >= 11 is 0. The van der Waals surface area contributed by atoms with Crippen LogP contribution in [0.25, 0.3) is 0 Å². The van der Waals surface area contributed by atoms with E-state index in [1.54, 1.807) is 12.1 Å². The molecule has 0 saturated carbocycles. The topological polar surface area (TPSA) is 106 Å². The molecule has 2 aromatic heterocycles. The summed E-state index contributed by atoms with van der Waals surface area (Å²) in [6.45, 7) is 2.23. The summed E-state index contributed by atoms with van der Waals surface area (Å²) < 4.78 is 5.20. The number of hydrogen-bond acceptors (Lipinski definition) is 7. The van der Waals surface area contributed by atoms with Crippen LogP contribution in [0.3, 0.4) is 0 Å². The van der Waals surface area contributed by atoms with Crippen LogP contribution >= 0.6 is 0 Å². The Morgan fingerprint density at radius 2 is 2.04 bits per heavy atom. The largest absolute Gasteiger partial charge is 0.467 e. The van der Waals surface area contributed by atoms with Crippen molar-refractivity contribution in [2.24, 2.45) is 0 Å². The summed E-state index contributed by atoms with van der Waals surface area (Å²) in [5, 5.41) is 17.4. The molecule has 0 aliphatic carbocycles. The first-order valence-corrected chi connectivity index (χ1v) is 7.23. The minimum atomic E-state index is -0.511. The average molecular weight is 325 g/mol. The molecule has 3 aromatic rings. The predicted molar refractivity (Wildman–Crippen MR) is 89.2 cm³/mol. The van der Waals surface area contributed by atoms with Gasteiger partial charge in [0, 0.05) is 5.69 Å². The molecular weight excluding hydrogens is 310 g/mol. The molecule has 0 amide bonds. The van der Waals surface area contributed by atoms with E-state index in [0.29, 0.717) is 11.4 Å². The van der Waals surface area contributed by atoms with Gasteiger partial charge in [-0.05, 0) is 36.8 Å². The van der Waals surface area contributed by atoms with Crippen LogP contribution in [0.4, 0.5) is 23.0 Å². The maximum atomic E-state index is 11.5. The lowest BCUT2D eigenvalue weighted by molar-refractivity contribution is -0.383. The summed E-state index contributed by atoms with van der Waals surface area (Å²) in [7, 11) is 0. The van der Waals surface area contributed by atoms with Crippen LogP contribution in [0.2, 0.25) is 0 Å². The molecular formula is C16H15N5O3. The molecule has 0 atom stereocenters. The van der Waals surface area contributed by atoms with E-state index >= 15 is 0 Å². The number of rotatable bonds is 6. The van der Waals surface area contributed by atoms with Crippen LogP contribution in [0.5, 0.6) is 0 Å². The van der Waals surface area contributed by atoms with Crippen molar-refractivity contribution < 1.29 is 9.34 Å². The molecule has 2 N–H and O–H groups in total. The number of hydrogen-bond donors (Lipinski definition) is 2. The zero-order valence-electron chi connectivity index (χ0n) is 12.9. The van der Waals surface area contributed by atoms with Crippen molar-refractivity contribution >= 4 is 23.0 Å². The third-order valence-corrected chi connectivity index (χ3v) is 3.30. The van der Waals surface area contributed by atoms with Crippen LogP contribution in [0.15, 0.2) is 53.4 Å². The molecule has 24 heavy (non-hydrogen) atoms. The molecule has 8 heteroatoms. The van der Waals surface area contributed by atoms with E-state index in [1.807, 2.05) is 31.2 Å². The molecule has 0 radical (unpaired) electrons. The number of aryl methyl sites for hydroxylation is 1. The van der Waals surface area contributed by atoms with Crippen molar-refractivity contribution in [3.05, 3.63) is 70.4 Å². The fourth-order valence-corrected chi connectivity index (χ4v) is 2.22. The lowest BCUT2D eigenvalue weighted by Gasteiger charge is -2.09. The summed E-state index contributed by atoms with van der Waals surface area (Å²) in [6, 6.07) is 11.0. The highest BCUT2D eigenvalue weighted by molar-refractivity contribution is 5.73. The Morgan fingerprint density at radius 1 is 1.21 bits per heavy atom.